The minimum absolute atomic E-state index is 0.350. The van der Waals surface area contributed by atoms with E-state index in [-0.39, 0.29) is 5.91 Å². The summed E-state index contributed by atoms with van der Waals surface area (Å²) < 4.78 is 5.58. The van der Waals surface area contributed by atoms with E-state index in [1.54, 1.807) is 0 Å². The first-order chi connectivity index (χ1) is 8.99. The van der Waals surface area contributed by atoms with Crippen molar-refractivity contribution < 1.29 is 19.4 Å². The topological polar surface area (TPSA) is 66.8 Å². The number of fused-ring (bicyclic) bond motifs is 1. The maximum Gasteiger partial charge on any atom is 0.328 e. The minimum Gasteiger partial charge on any atom is -0.489 e. The molecule has 2 rings (SSSR count). The normalized spacial score (nSPS) is 14.1. The van der Waals surface area contributed by atoms with Crippen molar-refractivity contribution >= 4 is 17.6 Å². The number of carbonyl (C=O) groups is 2. The number of nitrogens with zero attached hydrogens (tertiary/aromatic N) is 1. The van der Waals surface area contributed by atoms with Crippen molar-refractivity contribution in [3.05, 3.63) is 35.4 Å². The maximum atomic E-state index is 12.0. The van der Waals surface area contributed by atoms with Crippen molar-refractivity contribution in [3.63, 3.8) is 0 Å². The van der Waals surface area contributed by atoms with E-state index in [2.05, 4.69) is 0 Å². The first-order valence-electron chi connectivity index (χ1n) is 5.95. The molecule has 0 saturated carbocycles. The summed E-state index contributed by atoms with van der Waals surface area (Å²) >= 11 is 0. The number of carboxylic acids is 1. The largest absolute Gasteiger partial charge is 0.489 e. The molecule has 0 radical (unpaired) electrons. The zero-order valence-electron chi connectivity index (χ0n) is 10.8. The molecule has 1 aromatic carbocycles. The first-order valence-corrected chi connectivity index (χ1v) is 5.95. The zero-order valence-corrected chi connectivity index (χ0v) is 10.8. The Morgan fingerprint density at radius 2 is 2.05 bits per heavy atom. The van der Waals surface area contributed by atoms with Crippen LogP contribution in [0.1, 0.15) is 11.1 Å². The van der Waals surface area contributed by atoms with Gasteiger partial charge in [0.05, 0.1) is 12.2 Å². The molecular formula is C14H15NO4. The Labute approximate surface area is 111 Å². The van der Waals surface area contributed by atoms with Crippen LogP contribution in [0.15, 0.2) is 24.3 Å². The summed E-state index contributed by atoms with van der Waals surface area (Å²) in [5.74, 6) is -0.798. The van der Waals surface area contributed by atoms with E-state index in [1.807, 2.05) is 26.0 Å². The lowest BCUT2D eigenvalue weighted by molar-refractivity contribution is -0.131. The highest BCUT2D eigenvalue weighted by molar-refractivity contribution is 6.05. The van der Waals surface area contributed by atoms with E-state index >= 15 is 0 Å². The van der Waals surface area contributed by atoms with E-state index < -0.39 is 5.97 Å². The summed E-state index contributed by atoms with van der Waals surface area (Å²) in [6.07, 6.45) is 1.91. The monoisotopic (exact) mass is 261 g/mol. The van der Waals surface area contributed by atoms with Crippen molar-refractivity contribution in [1.29, 1.82) is 0 Å². The van der Waals surface area contributed by atoms with Gasteiger partial charge in [-0.05, 0) is 31.0 Å². The molecule has 5 heteroatoms. The van der Waals surface area contributed by atoms with Crippen molar-refractivity contribution in [2.24, 2.45) is 0 Å². The summed E-state index contributed by atoms with van der Waals surface area (Å²) in [6, 6.07) is 3.86. The molecule has 0 saturated heterocycles. The molecule has 100 valence electrons. The second-order valence-corrected chi connectivity index (χ2v) is 4.44. The predicted octanol–water partition coefficient (Wildman–Crippen LogP) is 1.67. The van der Waals surface area contributed by atoms with Crippen molar-refractivity contribution in [2.45, 2.75) is 13.8 Å². The fourth-order valence-corrected chi connectivity index (χ4v) is 2.14. The number of amides is 1. The Kier molecular flexibility index (Phi) is 3.55. The van der Waals surface area contributed by atoms with Gasteiger partial charge in [0.2, 0.25) is 0 Å². The smallest absolute Gasteiger partial charge is 0.328 e. The van der Waals surface area contributed by atoms with Gasteiger partial charge in [-0.3, -0.25) is 4.79 Å². The van der Waals surface area contributed by atoms with E-state index in [4.69, 9.17) is 9.84 Å². The molecule has 0 spiro atoms. The molecule has 1 aromatic rings. The van der Waals surface area contributed by atoms with Gasteiger partial charge in [0.1, 0.15) is 12.4 Å². The molecule has 1 heterocycles. The van der Waals surface area contributed by atoms with Crippen molar-refractivity contribution in [3.8, 4) is 5.75 Å². The molecule has 0 atom stereocenters. The SMILES string of the molecule is Cc1cc(C)c2c(c1)N(C(=O)/C=C/C(=O)O)CCO2. The van der Waals surface area contributed by atoms with Gasteiger partial charge in [0.15, 0.2) is 0 Å². The van der Waals surface area contributed by atoms with Gasteiger partial charge < -0.3 is 14.7 Å². The summed E-state index contributed by atoms with van der Waals surface area (Å²) in [6.45, 7) is 4.69. The van der Waals surface area contributed by atoms with Crippen LogP contribution in [-0.2, 0) is 9.59 Å². The number of aliphatic carboxylic acids is 1. The van der Waals surface area contributed by atoms with Crippen LogP contribution in [-0.4, -0.2) is 30.1 Å². The standard InChI is InChI=1S/C14H15NO4/c1-9-7-10(2)14-11(8-9)15(5-6-19-14)12(16)3-4-13(17)18/h3-4,7-8H,5-6H2,1-2H3,(H,17,18)/b4-3+. The molecule has 1 aliphatic rings. The van der Waals surface area contributed by atoms with Gasteiger partial charge in [-0.1, -0.05) is 6.07 Å². The first kappa shape index (κ1) is 13.1. The van der Waals surface area contributed by atoms with Crippen LogP contribution < -0.4 is 9.64 Å². The lowest BCUT2D eigenvalue weighted by atomic mass is 10.1. The lowest BCUT2D eigenvalue weighted by Crippen LogP contribution is -2.37. The minimum atomic E-state index is -1.14. The lowest BCUT2D eigenvalue weighted by Gasteiger charge is -2.30. The van der Waals surface area contributed by atoms with E-state index in [1.165, 1.54) is 4.90 Å². The molecule has 0 unspecified atom stereocenters. The summed E-state index contributed by atoms with van der Waals surface area (Å²) in [5.41, 5.74) is 2.69. The number of carbonyl (C=O) groups excluding carboxylic acids is 1. The zero-order chi connectivity index (χ0) is 14.0. The average molecular weight is 261 g/mol. The third kappa shape index (κ3) is 2.76. The van der Waals surface area contributed by atoms with Gasteiger partial charge in [-0.15, -0.1) is 0 Å². The Bertz CT molecular complexity index is 563. The van der Waals surface area contributed by atoms with Crippen LogP contribution >= 0.6 is 0 Å². The molecule has 1 aliphatic heterocycles. The highest BCUT2D eigenvalue weighted by Crippen LogP contribution is 2.35. The molecular weight excluding hydrogens is 246 g/mol. The third-order valence-electron chi connectivity index (χ3n) is 2.89. The Morgan fingerprint density at radius 1 is 1.32 bits per heavy atom. The molecule has 1 N–H and O–H groups in total. The van der Waals surface area contributed by atoms with Crippen LogP contribution in [0.3, 0.4) is 0 Å². The number of anilines is 1. The molecule has 0 bridgehead atoms. The van der Waals surface area contributed by atoms with Gasteiger partial charge in [-0.25, -0.2) is 4.79 Å². The molecule has 19 heavy (non-hydrogen) atoms. The van der Waals surface area contributed by atoms with Crippen LogP contribution in [0.25, 0.3) is 0 Å². The fraction of sp³-hybridized carbons (Fsp3) is 0.286. The molecule has 0 aliphatic carbocycles. The van der Waals surface area contributed by atoms with E-state index in [0.29, 0.717) is 24.6 Å². The number of hydrogen-bond acceptors (Lipinski definition) is 3. The Balaban J connectivity index is 2.37. The van der Waals surface area contributed by atoms with Crippen LogP contribution in [0, 0.1) is 13.8 Å². The van der Waals surface area contributed by atoms with Gasteiger partial charge in [0, 0.05) is 12.2 Å². The summed E-state index contributed by atoms with van der Waals surface area (Å²) in [7, 11) is 0. The van der Waals surface area contributed by atoms with Crippen molar-refractivity contribution in [1.82, 2.24) is 0 Å². The van der Waals surface area contributed by atoms with Gasteiger partial charge in [0.25, 0.3) is 5.91 Å². The molecule has 0 fully saturated rings. The highest BCUT2D eigenvalue weighted by Gasteiger charge is 2.23. The Hall–Kier alpha value is -2.30. The van der Waals surface area contributed by atoms with Crippen LogP contribution in [0.5, 0.6) is 5.75 Å². The van der Waals surface area contributed by atoms with Gasteiger partial charge >= 0.3 is 5.97 Å². The third-order valence-corrected chi connectivity index (χ3v) is 2.89. The fourth-order valence-electron chi connectivity index (χ4n) is 2.14. The second-order valence-electron chi connectivity index (χ2n) is 4.44. The van der Waals surface area contributed by atoms with Gasteiger partial charge in [-0.2, -0.15) is 0 Å². The average Bonchev–Trinajstić information content (AvgIpc) is 2.35. The summed E-state index contributed by atoms with van der Waals surface area (Å²) in [5, 5.41) is 8.56. The maximum absolute atomic E-state index is 12.0. The van der Waals surface area contributed by atoms with E-state index in [0.717, 1.165) is 23.3 Å². The predicted molar refractivity (Wildman–Crippen MR) is 70.5 cm³/mol. The number of aryl methyl sites for hydroxylation is 2. The summed E-state index contributed by atoms with van der Waals surface area (Å²) in [4.78, 5) is 24.0. The van der Waals surface area contributed by atoms with Crippen LogP contribution in [0.4, 0.5) is 5.69 Å². The van der Waals surface area contributed by atoms with E-state index in [9.17, 15) is 9.59 Å². The molecule has 1 amide bonds. The number of carboxylic acid groups (broad SMARTS) is 1. The number of benzene rings is 1. The number of ether oxygens (including phenoxy) is 1. The second kappa shape index (κ2) is 5.14. The van der Waals surface area contributed by atoms with Crippen molar-refractivity contribution in [2.75, 3.05) is 18.1 Å². The number of hydrogen-bond donors (Lipinski definition) is 1. The number of rotatable bonds is 2. The molecule has 0 aromatic heterocycles. The Morgan fingerprint density at radius 3 is 2.74 bits per heavy atom. The molecule has 5 nitrogen and oxygen atoms in total. The highest BCUT2D eigenvalue weighted by atomic mass is 16.5. The quantitative estimate of drug-likeness (QED) is 0.822. The van der Waals surface area contributed by atoms with Crippen LogP contribution in [0.2, 0.25) is 0 Å².